The van der Waals surface area contributed by atoms with Crippen molar-refractivity contribution in [3.05, 3.63) is 35.4 Å². The van der Waals surface area contributed by atoms with Crippen LogP contribution in [0.25, 0.3) is 0 Å². The second kappa shape index (κ2) is 5.15. The lowest BCUT2D eigenvalue weighted by Crippen LogP contribution is -1.98. The summed E-state index contributed by atoms with van der Waals surface area (Å²) >= 11 is 3.48. The van der Waals surface area contributed by atoms with Gasteiger partial charge in [-0.3, -0.25) is 4.79 Å². The summed E-state index contributed by atoms with van der Waals surface area (Å²) in [4.78, 5) is 10.7. The predicted molar refractivity (Wildman–Crippen MR) is 59.7 cm³/mol. The van der Waals surface area contributed by atoms with Gasteiger partial charge in [0.25, 0.3) is 0 Å². The van der Waals surface area contributed by atoms with Gasteiger partial charge in [-0.15, -0.1) is 0 Å². The molecule has 0 aromatic heterocycles. The zero-order chi connectivity index (χ0) is 10.6. The van der Waals surface area contributed by atoms with Crippen molar-refractivity contribution in [2.75, 3.05) is 0 Å². The van der Waals surface area contributed by atoms with Gasteiger partial charge < -0.3 is 5.11 Å². The third kappa shape index (κ3) is 3.50. The minimum absolute atomic E-state index is 0.195. The Morgan fingerprint density at radius 2 is 2.29 bits per heavy atom. The van der Waals surface area contributed by atoms with Crippen LogP contribution in [0.15, 0.2) is 24.3 Å². The van der Waals surface area contributed by atoms with Crippen LogP contribution in [0, 0.1) is 0 Å². The van der Waals surface area contributed by atoms with Gasteiger partial charge in [0.1, 0.15) is 0 Å². The fraction of sp³-hybridized carbons (Fsp3) is 0.364. The zero-order valence-electron chi connectivity index (χ0n) is 8.03. The molecule has 0 aliphatic heterocycles. The van der Waals surface area contributed by atoms with Crippen molar-refractivity contribution in [3.8, 4) is 0 Å². The van der Waals surface area contributed by atoms with E-state index < -0.39 is 5.97 Å². The summed E-state index contributed by atoms with van der Waals surface area (Å²) in [6.07, 6.45) is 0.795. The quantitative estimate of drug-likeness (QED) is 0.841. The first-order chi connectivity index (χ1) is 6.59. The lowest BCUT2D eigenvalue weighted by Gasteiger charge is -2.05. The summed E-state index contributed by atoms with van der Waals surface area (Å²) in [6.45, 7) is 2.05. The van der Waals surface area contributed by atoms with Gasteiger partial charge in [0.05, 0.1) is 0 Å². The third-order valence-electron chi connectivity index (χ3n) is 2.04. The lowest BCUT2D eigenvalue weighted by atomic mass is 10.1. The molecule has 3 heteroatoms. The molecule has 1 aromatic rings. The summed E-state index contributed by atoms with van der Waals surface area (Å²) in [5, 5.41) is 8.54. The fourth-order valence-electron chi connectivity index (χ4n) is 1.25. The molecule has 0 aliphatic rings. The lowest BCUT2D eigenvalue weighted by molar-refractivity contribution is -0.136. The molecule has 0 radical (unpaired) electrons. The van der Waals surface area contributed by atoms with Crippen molar-refractivity contribution < 1.29 is 9.90 Å². The number of aryl methyl sites for hydroxylation is 1. The first-order valence-electron chi connectivity index (χ1n) is 4.54. The molecule has 1 N–H and O–H groups in total. The minimum Gasteiger partial charge on any atom is -0.481 e. The number of carboxylic acids is 1. The van der Waals surface area contributed by atoms with Crippen LogP contribution in [-0.2, 0) is 11.2 Å². The maximum atomic E-state index is 10.4. The SMILES string of the molecule is CC(Br)c1cccc(CCC(=O)O)c1. The van der Waals surface area contributed by atoms with E-state index >= 15 is 0 Å². The van der Waals surface area contributed by atoms with E-state index in [2.05, 4.69) is 22.9 Å². The molecule has 0 heterocycles. The van der Waals surface area contributed by atoms with Crippen molar-refractivity contribution in [3.63, 3.8) is 0 Å². The van der Waals surface area contributed by atoms with Gasteiger partial charge in [-0.05, 0) is 24.5 Å². The number of rotatable bonds is 4. The summed E-state index contributed by atoms with van der Waals surface area (Å²) < 4.78 is 0. The number of alkyl halides is 1. The molecule has 76 valence electrons. The molecular formula is C11H13BrO2. The molecule has 1 atom stereocenters. The maximum Gasteiger partial charge on any atom is 0.303 e. The van der Waals surface area contributed by atoms with Crippen LogP contribution in [0.4, 0.5) is 0 Å². The maximum absolute atomic E-state index is 10.4. The van der Waals surface area contributed by atoms with Crippen LogP contribution in [0.5, 0.6) is 0 Å². The van der Waals surface area contributed by atoms with Gasteiger partial charge in [0.2, 0.25) is 0 Å². The molecule has 1 unspecified atom stereocenters. The van der Waals surface area contributed by atoms with E-state index in [0.717, 1.165) is 5.56 Å². The van der Waals surface area contributed by atoms with Crippen molar-refractivity contribution in [1.82, 2.24) is 0 Å². The van der Waals surface area contributed by atoms with Gasteiger partial charge in [-0.2, -0.15) is 0 Å². The van der Waals surface area contributed by atoms with Crippen molar-refractivity contribution in [1.29, 1.82) is 0 Å². The molecule has 2 nitrogen and oxygen atoms in total. The van der Waals surface area contributed by atoms with E-state index in [1.54, 1.807) is 0 Å². The topological polar surface area (TPSA) is 37.3 Å². The number of hydrogen-bond donors (Lipinski definition) is 1. The number of benzene rings is 1. The fourth-order valence-corrected chi connectivity index (χ4v) is 1.53. The van der Waals surface area contributed by atoms with Crippen LogP contribution in [0.2, 0.25) is 0 Å². The van der Waals surface area contributed by atoms with E-state index in [0.29, 0.717) is 11.2 Å². The summed E-state index contributed by atoms with van der Waals surface area (Å²) in [5.41, 5.74) is 2.27. The first-order valence-corrected chi connectivity index (χ1v) is 5.46. The zero-order valence-corrected chi connectivity index (χ0v) is 9.62. The van der Waals surface area contributed by atoms with Crippen LogP contribution in [0.3, 0.4) is 0 Å². The molecule has 0 fully saturated rings. The monoisotopic (exact) mass is 256 g/mol. The Morgan fingerprint density at radius 3 is 2.86 bits per heavy atom. The molecule has 14 heavy (non-hydrogen) atoms. The Kier molecular flexibility index (Phi) is 4.14. The third-order valence-corrected chi connectivity index (χ3v) is 2.57. The molecule has 0 amide bonds. The Hall–Kier alpha value is -0.830. The van der Waals surface area contributed by atoms with Crippen LogP contribution in [0.1, 0.15) is 29.3 Å². The number of hydrogen-bond acceptors (Lipinski definition) is 1. The van der Waals surface area contributed by atoms with Crippen LogP contribution >= 0.6 is 15.9 Å². The summed E-state index contributed by atoms with van der Waals surface area (Å²) in [6, 6.07) is 8.00. The highest BCUT2D eigenvalue weighted by atomic mass is 79.9. The van der Waals surface area contributed by atoms with E-state index in [1.165, 1.54) is 5.56 Å². The second-order valence-corrected chi connectivity index (χ2v) is 4.63. The standard InChI is InChI=1S/C11H13BrO2/c1-8(12)10-4-2-3-9(7-10)5-6-11(13)14/h2-4,7-8H,5-6H2,1H3,(H,13,14). The van der Waals surface area contributed by atoms with Crippen molar-refractivity contribution in [2.45, 2.75) is 24.6 Å². The molecule has 0 saturated heterocycles. The van der Waals surface area contributed by atoms with Gasteiger partial charge in [0.15, 0.2) is 0 Å². The van der Waals surface area contributed by atoms with Crippen LogP contribution < -0.4 is 0 Å². The molecule has 0 aliphatic carbocycles. The highest BCUT2D eigenvalue weighted by Crippen LogP contribution is 2.22. The Bertz CT molecular complexity index is 321. The largest absolute Gasteiger partial charge is 0.481 e. The molecular weight excluding hydrogens is 244 g/mol. The molecule has 0 bridgehead atoms. The molecule has 0 spiro atoms. The highest BCUT2D eigenvalue weighted by Gasteiger charge is 2.03. The average molecular weight is 257 g/mol. The normalized spacial score (nSPS) is 12.4. The van der Waals surface area contributed by atoms with E-state index in [4.69, 9.17) is 5.11 Å². The van der Waals surface area contributed by atoms with E-state index in [9.17, 15) is 4.79 Å². The van der Waals surface area contributed by atoms with Crippen LogP contribution in [-0.4, -0.2) is 11.1 Å². The van der Waals surface area contributed by atoms with Crippen molar-refractivity contribution in [2.24, 2.45) is 0 Å². The number of aliphatic carboxylic acids is 1. The minimum atomic E-state index is -0.748. The smallest absolute Gasteiger partial charge is 0.303 e. The number of carbonyl (C=O) groups is 1. The van der Waals surface area contributed by atoms with Gasteiger partial charge in [0, 0.05) is 11.2 Å². The predicted octanol–water partition coefficient (Wildman–Crippen LogP) is 3.16. The van der Waals surface area contributed by atoms with Gasteiger partial charge in [-0.1, -0.05) is 40.2 Å². The Labute approximate surface area is 92.1 Å². The van der Waals surface area contributed by atoms with E-state index in [-0.39, 0.29) is 6.42 Å². The molecule has 0 saturated carbocycles. The molecule has 1 aromatic carbocycles. The second-order valence-electron chi connectivity index (χ2n) is 3.25. The summed E-state index contributed by atoms with van der Waals surface area (Å²) in [5.74, 6) is -0.748. The molecule has 1 rings (SSSR count). The van der Waals surface area contributed by atoms with Gasteiger partial charge in [-0.25, -0.2) is 0 Å². The number of carboxylic acid groups (broad SMARTS) is 1. The average Bonchev–Trinajstić information content (AvgIpc) is 2.15. The van der Waals surface area contributed by atoms with Crippen molar-refractivity contribution >= 4 is 21.9 Å². The van der Waals surface area contributed by atoms with E-state index in [1.807, 2.05) is 24.3 Å². The Balaban J connectivity index is 2.68. The Morgan fingerprint density at radius 1 is 1.57 bits per heavy atom. The first kappa shape index (κ1) is 11.2. The number of halogens is 1. The van der Waals surface area contributed by atoms with Gasteiger partial charge >= 0.3 is 5.97 Å². The highest BCUT2D eigenvalue weighted by molar-refractivity contribution is 9.09. The summed E-state index contributed by atoms with van der Waals surface area (Å²) in [7, 11) is 0.